The van der Waals surface area contributed by atoms with Crippen LogP contribution in [0.3, 0.4) is 0 Å². The van der Waals surface area contributed by atoms with Gasteiger partial charge in [0.15, 0.2) is 5.96 Å². The summed E-state index contributed by atoms with van der Waals surface area (Å²) in [6, 6.07) is 0.484. The van der Waals surface area contributed by atoms with Crippen molar-refractivity contribution in [3.63, 3.8) is 0 Å². The van der Waals surface area contributed by atoms with Crippen LogP contribution in [0.1, 0.15) is 20.3 Å². The monoisotopic (exact) mass is 488 g/mol. The lowest BCUT2D eigenvalue weighted by atomic mass is 10.2. The summed E-state index contributed by atoms with van der Waals surface area (Å²) < 4.78 is 40.4. The van der Waals surface area contributed by atoms with Crippen LogP contribution in [0.15, 0.2) is 23.5 Å². The van der Waals surface area contributed by atoms with Gasteiger partial charge in [-0.1, -0.05) is 0 Å². The highest BCUT2D eigenvalue weighted by Crippen LogP contribution is 2.25. The molecule has 26 heavy (non-hydrogen) atoms. The smallest absolute Gasteiger partial charge is 0.357 e. The molecule has 1 fully saturated rings. The number of hydrogen-bond donors (Lipinski definition) is 1. The van der Waals surface area contributed by atoms with Crippen molar-refractivity contribution in [2.24, 2.45) is 4.99 Å². The van der Waals surface area contributed by atoms with Gasteiger partial charge in [0.05, 0.1) is 0 Å². The van der Waals surface area contributed by atoms with Gasteiger partial charge in [-0.25, -0.2) is 0 Å². The van der Waals surface area contributed by atoms with Crippen LogP contribution in [0, 0.1) is 0 Å². The second-order valence-electron chi connectivity index (χ2n) is 6.10. The van der Waals surface area contributed by atoms with Crippen molar-refractivity contribution in [3.8, 4) is 0 Å². The highest BCUT2D eigenvalue weighted by molar-refractivity contribution is 14.0. The number of aromatic nitrogens is 2. The minimum atomic E-state index is -4.17. The van der Waals surface area contributed by atoms with Gasteiger partial charge in [-0.15, -0.1) is 24.0 Å². The van der Waals surface area contributed by atoms with Crippen molar-refractivity contribution in [1.29, 1.82) is 0 Å². The molecule has 1 aliphatic heterocycles. The molecule has 1 atom stereocenters. The third kappa shape index (κ3) is 6.93. The maximum absolute atomic E-state index is 12.8. The van der Waals surface area contributed by atoms with E-state index in [1.807, 2.05) is 28.8 Å². The predicted octanol–water partition coefficient (Wildman–Crippen LogP) is 2.43. The van der Waals surface area contributed by atoms with Gasteiger partial charge >= 0.3 is 6.18 Å². The number of alkyl halides is 3. The predicted molar refractivity (Wildman–Crippen MR) is 107 cm³/mol. The molecule has 0 bridgehead atoms. The Morgan fingerprint density at radius 1 is 1.27 bits per heavy atom. The maximum Gasteiger partial charge on any atom is 0.403 e. The topological polar surface area (TPSA) is 48.7 Å². The number of rotatable bonds is 6. The third-order valence-electron chi connectivity index (χ3n) is 4.34. The Bertz CT molecular complexity index is 527. The van der Waals surface area contributed by atoms with Crippen LogP contribution < -0.4 is 5.32 Å². The Morgan fingerprint density at radius 2 is 1.96 bits per heavy atom. The Morgan fingerprint density at radius 3 is 2.50 bits per heavy atom. The maximum atomic E-state index is 12.8. The van der Waals surface area contributed by atoms with Crippen LogP contribution in [0.2, 0.25) is 0 Å². The summed E-state index contributed by atoms with van der Waals surface area (Å²) in [5, 5.41) is 7.38. The van der Waals surface area contributed by atoms with Gasteiger partial charge in [-0.05, 0) is 26.3 Å². The fraction of sp³-hybridized carbons (Fsp3) is 0.750. The molecular formula is C16H28F3IN6. The van der Waals surface area contributed by atoms with Gasteiger partial charge in [0.2, 0.25) is 0 Å². The fourth-order valence-electron chi connectivity index (χ4n) is 2.80. The summed E-state index contributed by atoms with van der Waals surface area (Å²) in [5.41, 5.74) is 0. The molecular weight excluding hydrogens is 460 g/mol. The number of piperazine rings is 1. The number of aryl methyl sites for hydroxylation is 1. The molecule has 0 aromatic carbocycles. The van der Waals surface area contributed by atoms with E-state index in [4.69, 9.17) is 0 Å². The van der Waals surface area contributed by atoms with E-state index < -0.39 is 12.2 Å². The number of halogens is 4. The SMILES string of the molecule is CCNC(=NCCCn1cccn1)N1CCN(C(C)C(F)(F)F)CC1.I. The zero-order valence-corrected chi connectivity index (χ0v) is 17.6. The second kappa shape index (κ2) is 11.0. The highest BCUT2D eigenvalue weighted by atomic mass is 127. The summed E-state index contributed by atoms with van der Waals surface area (Å²) >= 11 is 0. The van der Waals surface area contributed by atoms with E-state index in [2.05, 4.69) is 15.4 Å². The van der Waals surface area contributed by atoms with Crippen LogP contribution >= 0.6 is 24.0 Å². The molecule has 1 aliphatic rings. The van der Waals surface area contributed by atoms with Crippen molar-refractivity contribution in [2.75, 3.05) is 39.3 Å². The largest absolute Gasteiger partial charge is 0.403 e. The van der Waals surface area contributed by atoms with Gasteiger partial charge < -0.3 is 10.2 Å². The van der Waals surface area contributed by atoms with E-state index in [1.165, 1.54) is 11.8 Å². The Labute approximate surface area is 169 Å². The Balaban J connectivity index is 0.00000338. The summed E-state index contributed by atoms with van der Waals surface area (Å²) in [5.74, 6) is 0.780. The first-order valence-corrected chi connectivity index (χ1v) is 8.73. The normalized spacial score (nSPS) is 17.7. The summed E-state index contributed by atoms with van der Waals surface area (Å²) in [7, 11) is 0. The first kappa shape index (κ1) is 23.0. The average molecular weight is 488 g/mol. The summed E-state index contributed by atoms with van der Waals surface area (Å²) in [6.45, 7) is 7.27. The lowest BCUT2D eigenvalue weighted by Gasteiger charge is -2.39. The van der Waals surface area contributed by atoms with Crippen molar-refractivity contribution in [1.82, 2.24) is 24.9 Å². The molecule has 0 amide bonds. The zero-order chi connectivity index (χ0) is 18.3. The minimum Gasteiger partial charge on any atom is -0.357 e. The molecule has 2 rings (SSSR count). The first-order valence-electron chi connectivity index (χ1n) is 8.73. The molecule has 10 heteroatoms. The second-order valence-corrected chi connectivity index (χ2v) is 6.10. The van der Waals surface area contributed by atoms with E-state index in [-0.39, 0.29) is 24.0 Å². The van der Waals surface area contributed by atoms with E-state index in [9.17, 15) is 13.2 Å². The molecule has 1 N–H and O–H groups in total. The number of hydrogen-bond acceptors (Lipinski definition) is 3. The molecule has 0 aliphatic carbocycles. The van der Waals surface area contributed by atoms with E-state index >= 15 is 0 Å². The molecule has 1 aromatic heterocycles. The molecule has 0 radical (unpaired) electrons. The minimum absolute atomic E-state index is 0. The molecule has 1 aromatic rings. The first-order chi connectivity index (χ1) is 11.9. The van der Waals surface area contributed by atoms with Crippen molar-refractivity contribution in [2.45, 2.75) is 39.0 Å². The molecule has 0 spiro atoms. The van der Waals surface area contributed by atoms with E-state index in [0.29, 0.717) is 32.7 Å². The van der Waals surface area contributed by atoms with Crippen LogP contribution in [0.5, 0.6) is 0 Å². The van der Waals surface area contributed by atoms with Gasteiger partial charge in [0.1, 0.15) is 6.04 Å². The van der Waals surface area contributed by atoms with Gasteiger partial charge in [-0.3, -0.25) is 14.6 Å². The lowest BCUT2D eigenvalue weighted by Crippen LogP contribution is -2.56. The van der Waals surface area contributed by atoms with Crippen molar-refractivity contribution >= 4 is 29.9 Å². The quantitative estimate of drug-likeness (QED) is 0.289. The Kier molecular flexibility index (Phi) is 9.69. The van der Waals surface area contributed by atoms with E-state index in [1.54, 1.807) is 6.20 Å². The Hall–Kier alpha value is -1.04. The van der Waals surface area contributed by atoms with E-state index in [0.717, 1.165) is 25.5 Å². The average Bonchev–Trinajstić information content (AvgIpc) is 3.10. The van der Waals surface area contributed by atoms with Crippen LogP contribution in [-0.2, 0) is 6.54 Å². The number of guanidine groups is 1. The van der Waals surface area contributed by atoms with Crippen LogP contribution in [-0.4, -0.2) is 77.0 Å². The summed E-state index contributed by atoms with van der Waals surface area (Å²) in [4.78, 5) is 8.13. The zero-order valence-electron chi connectivity index (χ0n) is 15.2. The third-order valence-corrected chi connectivity index (χ3v) is 4.34. The van der Waals surface area contributed by atoms with Crippen molar-refractivity contribution in [3.05, 3.63) is 18.5 Å². The fourth-order valence-corrected chi connectivity index (χ4v) is 2.80. The van der Waals surface area contributed by atoms with Gasteiger partial charge in [0.25, 0.3) is 0 Å². The molecule has 1 unspecified atom stereocenters. The highest BCUT2D eigenvalue weighted by Gasteiger charge is 2.41. The van der Waals surface area contributed by atoms with Gasteiger partial charge in [-0.2, -0.15) is 18.3 Å². The lowest BCUT2D eigenvalue weighted by molar-refractivity contribution is -0.181. The molecule has 0 saturated carbocycles. The molecule has 6 nitrogen and oxygen atoms in total. The number of nitrogens with zero attached hydrogens (tertiary/aromatic N) is 5. The number of aliphatic imine (C=N–C) groups is 1. The molecule has 150 valence electrons. The molecule has 2 heterocycles. The van der Waals surface area contributed by atoms with Crippen LogP contribution in [0.25, 0.3) is 0 Å². The van der Waals surface area contributed by atoms with Gasteiger partial charge in [0, 0.05) is 58.2 Å². The van der Waals surface area contributed by atoms with Crippen molar-refractivity contribution < 1.29 is 13.2 Å². The number of nitrogens with one attached hydrogen (secondary N) is 1. The standard InChI is InChI=1S/C16H27F3N6.HI/c1-3-20-15(21-6-4-8-25-9-5-7-22-25)24-12-10-23(11-13-24)14(2)16(17,18)19;/h5,7,9,14H,3-4,6,8,10-13H2,1-2H3,(H,20,21);1H. The molecule has 1 saturated heterocycles. The van der Waals surface area contributed by atoms with Crippen LogP contribution in [0.4, 0.5) is 13.2 Å². The summed E-state index contributed by atoms with van der Waals surface area (Å²) in [6.07, 6.45) is 0.347.